The Morgan fingerprint density at radius 2 is 1.82 bits per heavy atom. The molecule has 7 nitrogen and oxygen atoms in total. The monoisotopic (exact) mass is 472 g/mol. The smallest absolute Gasteiger partial charge is 0.338 e. The van der Waals surface area contributed by atoms with E-state index in [2.05, 4.69) is 20.4 Å². The van der Waals surface area contributed by atoms with Crippen LogP contribution in [0.15, 0.2) is 59.8 Å². The first-order chi connectivity index (χ1) is 16.0. The Morgan fingerprint density at radius 1 is 1.12 bits per heavy atom. The molecular formula is C24H26ClFN4O3. The summed E-state index contributed by atoms with van der Waals surface area (Å²) in [6.45, 7) is 5.31. The fourth-order valence-electron chi connectivity index (χ4n) is 4.18. The Balaban J connectivity index is 1.56. The number of rotatable bonds is 6. The number of benzene rings is 2. The number of piperazine rings is 1. The minimum atomic E-state index is -0.724. The Hall–Kier alpha value is -3.10. The molecule has 33 heavy (non-hydrogen) atoms. The van der Waals surface area contributed by atoms with Gasteiger partial charge >= 0.3 is 12.0 Å². The SMILES string of the molecule is CCOC(=O)C1=C(CN2CCN(c3ccccc3Cl)CC2)NC(=O)NC1c1ccc(F)cc1. The van der Waals surface area contributed by atoms with E-state index in [1.165, 1.54) is 12.1 Å². The molecule has 1 saturated heterocycles. The van der Waals surface area contributed by atoms with Crippen molar-refractivity contribution in [2.75, 3.05) is 44.2 Å². The summed E-state index contributed by atoms with van der Waals surface area (Å²) in [5.41, 5.74) is 2.43. The molecule has 0 saturated carbocycles. The molecule has 174 valence electrons. The molecule has 0 bridgehead atoms. The van der Waals surface area contributed by atoms with Gasteiger partial charge in [0.1, 0.15) is 5.82 Å². The topological polar surface area (TPSA) is 73.9 Å². The van der Waals surface area contributed by atoms with Gasteiger partial charge < -0.3 is 20.3 Å². The van der Waals surface area contributed by atoms with Gasteiger partial charge in [-0.2, -0.15) is 0 Å². The van der Waals surface area contributed by atoms with Crippen LogP contribution < -0.4 is 15.5 Å². The molecule has 2 N–H and O–H groups in total. The summed E-state index contributed by atoms with van der Waals surface area (Å²) in [5, 5.41) is 6.28. The lowest BCUT2D eigenvalue weighted by Gasteiger charge is -2.38. The fourth-order valence-corrected chi connectivity index (χ4v) is 4.43. The molecule has 0 spiro atoms. The zero-order valence-electron chi connectivity index (χ0n) is 18.3. The van der Waals surface area contributed by atoms with E-state index in [0.717, 1.165) is 31.9 Å². The van der Waals surface area contributed by atoms with Crippen molar-refractivity contribution in [2.45, 2.75) is 13.0 Å². The van der Waals surface area contributed by atoms with Crippen LogP contribution >= 0.6 is 11.6 Å². The standard InChI is InChI=1S/C24H26ClFN4O3/c1-2-33-23(31)21-19(27-24(32)28-22(21)16-7-9-17(26)10-8-16)15-29-11-13-30(14-12-29)20-6-4-3-5-18(20)25/h3-10,22H,2,11-15H2,1H3,(H2,27,28,32). The summed E-state index contributed by atoms with van der Waals surface area (Å²) < 4.78 is 18.7. The fraction of sp³-hybridized carbons (Fsp3) is 0.333. The van der Waals surface area contributed by atoms with Crippen LogP contribution in [0.2, 0.25) is 5.02 Å². The van der Waals surface area contributed by atoms with Crippen molar-refractivity contribution in [2.24, 2.45) is 0 Å². The highest BCUT2D eigenvalue weighted by Gasteiger charge is 2.34. The molecule has 4 rings (SSSR count). The molecule has 2 aromatic carbocycles. The van der Waals surface area contributed by atoms with Crippen molar-refractivity contribution in [1.82, 2.24) is 15.5 Å². The second-order valence-corrected chi connectivity index (χ2v) is 8.32. The van der Waals surface area contributed by atoms with Crippen LogP contribution in [-0.4, -0.2) is 56.2 Å². The molecule has 1 fully saturated rings. The van der Waals surface area contributed by atoms with Crippen LogP contribution in [0.25, 0.3) is 0 Å². The average Bonchev–Trinajstić information content (AvgIpc) is 2.80. The second-order valence-electron chi connectivity index (χ2n) is 7.91. The van der Waals surface area contributed by atoms with Crippen LogP contribution in [0, 0.1) is 5.82 Å². The molecule has 2 aliphatic heterocycles. The maximum absolute atomic E-state index is 13.4. The molecule has 2 aliphatic rings. The summed E-state index contributed by atoms with van der Waals surface area (Å²) in [7, 11) is 0. The number of hydrogen-bond acceptors (Lipinski definition) is 5. The predicted octanol–water partition coefficient (Wildman–Crippen LogP) is 3.47. The number of nitrogens with one attached hydrogen (secondary N) is 2. The Kier molecular flexibility index (Phi) is 7.15. The van der Waals surface area contributed by atoms with Gasteiger partial charge in [0.2, 0.25) is 0 Å². The van der Waals surface area contributed by atoms with Gasteiger partial charge in [-0.05, 0) is 36.8 Å². The number of nitrogens with zero attached hydrogens (tertiary/aromatic N) is 2. The molecule has 0 aromatic heterocycles. The lowest BCUT2D eigenvalue weighted by Crippen LogP contribution is -2.51. The molecule has 1 atom stereocenters. The molecule has 9 heteroatoms. The molecule has 0 radical (unpaired) electrons. The highest BCUT2D eigenvalue weighted by molar-refractivity contribution is 6.33. The van der Waals surface area contributed by atoms with Crippen molar-refractivity contribution in [3.05, 3.63) is 76.2 Å². The molecule has 2 aromatic rings. The predicted molar refractivity (Wildman–Crippen MR) is 125 cm³/mol. The Bertz CT molecular complexity index is 1050. The van der Waals surface area contributed by atoms with Crippen LogP contribution in [0.3, 0.4) is 0 Å². The van der Waals surface area contributed by atoms with Crippen molar-refractivity contribution in [3.63, 3.8) is 0 Å². The number of anilines is 1. The highest BCUT2D eigenvalue weighted by Crippen LogP contribution is 2.29. The van der Waals surface area contributed by atoms with Gasteiger partial charge in [-0.25, -0.2) is 14.0 Å². The third-order valence-corrected chi connectivity index (χ3v) is 6.12. The van der Waals surface area contributed by atoms with Gasteiger partial charge in [-0.3, -0.25) is 4.90 Å². The summed E-state index contributed by atoms with van der Waals surface area (Å²) in [6.07, 6.45) is 0. The number of esters is 1. The third-order valence-electron chi connectivity index (χ3n) is 5.80. The van der Waals surface area contributed by atoms with Crippen LogP contribution in [-0.2, 0) is 9.53 Å². The van der Waals surface area contributed by atoms with E-state index in [4.69, 9.17) is 16.3 Å². The quantitative estimate of drug-likeness (QED) is 0.630. The van der Waals surface area contributed by atoms with E-state index in [9.17, 15) is 14.0 Å². The van der Waals surface area contributed by atoms with Crippen molar-refractivity contribution in [3.8, 4) is 0 Å². The number of ether oxygens (including phenoxy) is 1. The van der Waals surface area contributed by atoms with Crippen LogP contribution in [0.1, 0.15) is 18.5 Å². The third kappa shape index (κ3) is 5.29. The minimum Gasteiger partial charge on any atom is -0.463 e. The lowest BCUT2D eigenvalue weighted by atomic mass is 9.95. The largest absolute Gasteiger partial charge is 0.463 e. The maximum atomic E-state index is 13.4. The molecule has 1 unspecified atom stereocenters. The second kappa shape index (κ2) is 10.2. The minimum absolute atomic E-state index is 0.205. The number of hydrogen-bond donors (Lipinski definition) is 2. The van der Waals surface area contributed by atoms with Crippen molar-refractivity contribution >= 4 is 29.3 Å². The Morgan fingerprint density at radius 3 is 2.48 bits per heavy atom. The first kappa shape index (κ1) is 23.1. The number of halogens is 2. The van der Waals surface area contributed by atoms with Crippen molar-refractivity contribution in [1.29, 1.82) is 0 Å². The van der Waals surface area contributed by atoms with Gasteiger partial charge in [0.15, 0.2) is 0 Å². The molecule has 2 heterocycles. The van der Waals surface area contributed by atoms with Crippen LogP contribution in [0.5, 0.6) is 0 Å². The van der Waals surface area contributed by atoms with E-state index >= 15 is 0 Å². The summed E-state index contributed by atoms with van der Waals surface area (Å²) in [4.78, 5) is 29.7. The average molecular weight is 473 g/mol. The summed E-state index contributed by atoms with van der Waals surface area (Å²) >= 11 is 6.34. The zero-order chi connectivity index (χ0) is 23.4. The first-order valence-corrected chi connectivity index (χ1v) is 11.3. The van der Waals surface area contributed by atoms with Gasteiger partial charge in [-0.15, -0.1) is 0 Å². The molecule has 0 aliphatic carbocycles. The number of amides is 2. The zero-order valence-corrected chi connectivity index (χ0v) is 19.1. The Labute approximate surface area is 197 Å². The number of carbonyl (C=O) groups is 2. The lowest BCUT2D eigenvalue weighted by molar-refractivity contribution is -0.139. The van der Waals surface area contributed by atoms with Gasteiger partial charge in [0.05, 0.1) is 28.9 Å². The van der Waals surface area contributed by atoms with E-state index in [0.29, 0.717) is 28.4 Å². The number of urea groups is 1. The van der Waals surface area contributed by atoms with E-state index in [1.54, 1.807) is 19.1 Å². The van der Waals surface area contributed by atoms with Gasteiger partial charge in [0.25, 0.3) is 0 Å². The van der Waals surface area contributed by atoms with Crippen molar-refractivity contribution < 1.29 is 18.7 Å². The van der Waals surface area contributed by atoms with E-state index in [-0.39, 0.29) is 6.61 Å². The van der Waals surface area contributed by atoms with Crippen LogP contribution in [0.4, 0.5) is 14.9 Å². The summed E-state index contributed by atoms with van der Waals surface area (Å²) in [6, 6.07) is 12.3. The maximum Gasteiger partial charge on any atom is 0.338 e. The normalized spacial score (nSPS) is 19.2. The molecule has 2 amide bonds. The van der Waals surface area contributed by atoms with E-state index in [1.807, 2.05) is 24.3 Å². The number of carbonyl (C=O) groups excluding carboxylic acids is 2. The highest BCUT2D eigenvalue weighted by atomic mass is 35.5. The number of para-hydroxylation sites is 1. The summed E-state index contributed by atoms with van der Waals surface area (Å²) in [5.74, 6) is -0.902. The molecular weight excluding hydrogens is 447 g/mol. The first-order valence-electron chi connectivity index (χ1n) is 10.9. The van der Waals surface area contributed by atoms with E-state index < -0.39 is 23.9 Å². The van der Waals surface area contributed by atoms with Gasteiger partial charge in [-0.1, -0.05) is 35.9 Å². The van der Waals surface area contributed by atoms with Gasteiger partial charge in [0, 0.05) is 38.4 Å².